The van der Waals surface area contributed by atoms with Gasteiger partial charge in [-0.1, -0.05) is 41.1 Å². The molecule has 0 radical (unpaired) electrons. The maximum Gasteiger partial charge on any atom is 0.338 e. The molecule has 1 aliphatic rings. The van der Waals surface area contributed by atoms with Crippen molar-refractivity contribution in [3.8, 4) is 17.1 Å². The van der Waals surface area contributed by atoms with E-state index in [9.17, 15) is 19.7 Å². The lowest BCUT2D eigenvalue weighted by Gasteiger charge is -2.25. The molecule has 0 saturated carbocycles. The van der Waals surface area contributed by atoms with Crippen LogP contribution in [-0.4, -0.2) is 29.2 Å². The summed E-state index contributed by atoms with van der Waals surface area (Å²) in [4.78, 5) is 42.5. The van der Waals surface area contributed by atoms with Gasteiger partial charge in [0.05, 0.1) is 40.0 Å². The number of esters is 1. The number of hydrogen-bond donors (Lipinski definition) is 0. The van der Waals surface area contributed by atoms with Crippen LogP contribution in [0, 0.1) is 10.1 Å². The third-order valence-electron chi connectivity index (χ3n) is 6.28. The number of furan rings is 1. The molecule has 0 aliphatic carbocycles. The Morgan fingerprint density at radius 3 is 2.73 bits per heavy atom. The Hall–Kier alpha value is -4.48. The van der Waals surface area contributed by atoms with Crippen LogP contribution in [0.5, 0.6) is 5.75 Å². The first kappa shape index (κ1) is 27.1. The third-order valence-corrected chi connectivity index (χ3v) is 7.60. The van der Waals surface area contributed by atoms with Crippen LogP contribution in [0.15, 0.2) is 80.1 Å². The van der Waals surface area contributed by atoms with E-state index in [1.165, 1.54) is 29.9 Å². The molecule has 1 atom stereocenters. The van der Waals surface area contributed by atoms with Crippen molar-refractivity contribution >= 4 is 40.7 Å². The molecule has 0 amide bonds. The smallest absolute Gasteiger partial charge is 0.338 e. The second kappa shape index (κ2) is 10.9. The van der Waals surface area contributed by atoms with Gasteiger partial charge in [-0.25, -0.2) is 9.79 Å². The first-order chi connectivity index (χ1) is 19.2. The third kappa shape index (κ3) is 4.85. The Morgan fingerprint density at radius 2 is 2.02 bits per heavy atom. The zero-order chi connectivity index (χ0) is 28.6. The van der Waals surface area contributed by atoms with Crippen molar-refractivity contribution in [2.24, 2.45) is 4.99 Å². The molecule has 204 valence electrons. The van der Waals surface area contributed by atoms with E-state index in [0.717, 1.165) is 11.3 Å². The summed E-state index contributed by atoms with van der Waals surface area (Å²) in [7, 11) is 1.46. The minimum absolute atomic E-state index is 0.116. The lowest BCUT2D eigenvalue weighted by atomic mass is 9.96. The Balaban J connectivity index is 1.64. The average Bonchev–Trinajstić information content (AvgIpc) is 3.52. The average molecular weight is 580 g/mol. The van der Waals surface area contributed by atoms with Gasteiger partial charge < -0.3 is 13.9 Å². The summed E-state index contributed by atoms with van der Waals surface area (Å²) in [6.45, 7) is 3.55. The fourth-order valence-corrected chi connectivity index (χ4v) is 5.75. The van der Waals surface area contributed by atoms with E-state index < -0.39 is 22.5 Å². The zero-order valence-corrected chi connectivity index (χ0v) is 23.1. The van der Waals surface area contributed by atoms with E-state index in [0.29, 0.717) is 48.5 Å². The summed E-state index contributed by atoms with van der Waals surface area (Å²) < 4.78 is 18.3. The second-order valence-corrected chi connectivity index (χ2v) is 10.1. The molecule has 0 spiro atoms. The second-order valence-electron chi connectivity index (χ2n) is 8.67. The molecule has 2 aromatic heterocycles. The fraction of sp³-hybridized carbons (Fsp3) is 0.179. The summed E-state index contributed by atoms with van der Waals surface area (Å²) in [5.41, 5.74) is 1.10. The zero-order valence-electron chi connectivity index (χ0n) is 21.5. The lowest BCUT2D eigenvalue weighted by molar-refractivity contribution is -0.384. The van der Waals surface area contributed by atoms with Gasteiger partial charge in [-0.3, -0.25) is 19.5 Å². The molecule has 4 aromatic rings. The predicted molar refractivity (Wildman–Crippen MR) is 149 cm³/mol. The monoisotopic (exact) mass is 579 g/mol. The Labute approximate surface area is 236 Å². The van der Waals surface area contributed by atoms with E-state index in [-0.39, 0.29) is 17.9 Å². The number of thiazole rings is 1. The predicted octanol–water partition coefficient (Wildman–Crippen LogP) is 4.63. The number of carbonyl (C=O) groups excluding carboxylic acids is 1. The van der Waals surface area contributed by atoms with Crippen molar-refractivity contribution in [2.45, 2.75) is 19.9 Å². The number of fused-ring (bicyclic) bond motifs is 1. The number of benzene rings is 2. The summed E-state index contributed by atoms with van der Waals surface area (Å²) >= 11 is 7.67. The van der Waals surface area contributed by atoms with Crippen LogP contribution in [0.25, 0.3) is 17.4 Å². The number of ether oxygens (including phenoxy) is 2. The molecule has 0 bridgehead atoms. The number of nitrogens with zero attached hydrogens (tertiary/aromatic N) is 3. The topological polar surface area (TPSA) is 126 Å². The summed E-state index contributed by atoms with van der Waals surface area (Å²) in [5.74, 6) is 0.482. The Morgan fingerprint density at radius 1 is 1.25 bits per heavy atom. The van der Waals surface area contributed by atoms with Crippen molar-refractivity contribution < 1.29 is 23.6 Å². The van der Waals surface area contributed by atoms with Crippen LogP contribution in [0.3, 0.4) is 0 Å². The van der Waals surface area contributed by atoms with Gasteiger partial charge in [0.1, 0.15) is 23.3 Å². The summed E-state index contributed by atoms with van der Waals surface area (Å²) in [6, 6.07) is 13.6. The number of hydrogen-bond acceptors (Lipinski definition) is 9. The molecular weight excluding hydrogens is 558 g/mol. The SMILES string of the molecule is CCOC(=O)C1=C(C)N=c2s/c(=C\c3ccc(-c4cc([N+](=O)[O-])ccc4OC)o3)c(=O)n2[C@@H]1c1ccccc1Cl. The molecule has 0 N–H and O–H groups in total. The molecular formula is C28H22ClN3O7S. The number of methoxy groups -OCH3 is 1. The Kier molecular flexibility index (Phi) is 7.42. The van der Waals surface area contributed by atoms with Gasteiger partial charge in [0, 0.05) is 23.2 Å². The summed E-state index contributed by atoms with van der Waals surface area (Å²) in [6.07, 6.45) is 1.56. The van der Waals surface area contributed by atoms with Crippen molar-refractivity contribution in [1.29, 1.82) is 0 Å². The molecule has 0 unspecified atom stereocenters. The van der Waals surface area contributed by atoms with Crippen molar-refractivity contribution in [3.05, 3.63) is 112 Å². The molecule has 5 rings (SSSR count). The molecule has 1 aliphatic heterocycles. The quantitative estimate of drug-likeness (QED) is 0.177. The first-order valence-corrected chi connectivity index (χ1v) is 13.3. The highest BCUT2D eigenvalue weighted by Crippen LogP contribution is 2.36. The number of aromatic nitrogens is 1. The molecule has 0 saturated heterocycles. The number of nitro groups is 1. The molecule has 3 heterocycles. The number of rotatable bonds is 7. The standard InChI is InChI=1S/C28H22ClN3O7S/c1-4-38-27(34)24-15(2)30-28-31(25(24)18-7-5-6-8-20(18)29)26(33)23(40-28)14-17-10-12-22(39-17)19-13-16(32(35)36)9-11-21(19)37-3/h5-14,25H,4H2,1-3H3/b23-14-/t25-/m1/s1. The molecule has 12 heteroatoms. The van der Waals surface area contributed by atoms with Gasteiger partial charge in [0.2, 0.25) is 0 Å². The van der Waals surface area contributed by atoms with Crippen LogP contribution in [-0.2, 0) is 9.53 Å². The van der Waals surface area contributed by atoms with E-state index in [2.05, 4.69) is 4.99 Å². The molecule has 2 aromatic carbocycles. The van der Waals surface area contributed by atoms with Crippen molar-refractivity contribution in [3.63, 3.8) is 0 Å². The molecule has 0 fully saturated rings. The minimum Gasteiger partial charge on any atom is -0.496 e. The van der Waals surface area contributed by atoms with Gasteiger partial charge in [-0.05, 0) is 43.7 Å². The van der Waals surface area contributed by atoms with Crippen LogP contribution >= 0.6 is 22.9 Å². The highest BCUT2D eigenvalue weighted by atomic mass is 35.5. The van der Waals surface area contributed by atoms with Crippen molar-refractivity contribution in [1.82, 2.24) is 4.57 Å². The van der Waals surface area contributed by atoms with E-state index in [4.69, 9.17) is 25.5 Å². The number of halogens is 1. The highest BCUT2D eigenvalue weighted by Gasteiger charge is 2.34. The number of non-ortho nitro benzene ring substituents is 1. The van der Waals surface area contributed by atoms with Crippen LogP contribution in [0.2, 0.25) is 5.02 Å². The molecule has 10 nitrogen and oxygen atoms in total. The number of nitro benzene ring substituents is 1. The van der Waals surface area contributed by atoms with Gasteiger partial charge in [0.15, 0.2) is 4.80 Å². The Bertz CT molecular complexity index is 1870. The number of carbonyl (C=O) groups is 1. The van der Waals surface area contributed by atoms with Crippen LogP contribution in [0.4, 0.5) is 5.69 Å². The highest BCUT2D eigenvalue weighted by molar-refractivity contribution is 7.07. The van der Waals surface area contributed by atoms with E-state index in [1.54, 1.807) is 56.3 Å². The van der Waals surface area contributed by atoms with Crippen molar-refractivity contribution in [2.75, 3.05) is 13.7 Å². The summed E-state index contributed by atoms with van der Waals surface area (Å²) in [5, 5.41) is 11.7. The lowest BCUT2D eigenvalue weighted by Crippen LogP contribution is -2.40. The largest absolute Gasteiger partial charge is 0.496 e. The van der Waals surface area contributed by atoms with Gasteiger partial charge >= 0.3 is 5.97 Å². The van der Waals surface area contributed by atoms with Gasteiger partial charge in [0.25, 0.3) is 11.2 Å². The van der Waals surface area contributed by atoms with Crippen LogP contribution in [0.1, 0.15) is 31.2 Å². The maximum atomic E-state index is 13.8. The number of allylic oxidation sites excluding steroid dienone is 1. The maximum absolute atomic E-state index is 13.8. The minimum atomic E-state index is -0.840. The van der Waals surface area contributed by atoms with Gasteiger partial charge in [-0.15, -0.1) is 0 Å². The van der Waals surface area contributed by atoms with E-state index in [1.807, 2.05) is 0 Å². The molecule has 40 heavy (non-hydrogen) atoms. The fourth-order valence-electron chi connectivity index (χ4n) is 4.49. The van der Waals surface area contributed by atoms with Gasteiger partial charge in [-0.2, -0.15) is 0 Å². The normalized spacial score (nSPS) is 15.0. The van der Waals surface area contributed by atoms with E-state index >= 15 is 0 Å². The first-order valence-electron chi connectivity index (χ1n) is 12.1. The van der Waals surface area contributed by atoms with Crippen LogP contribution < -0.4 is 19.6 Å².